The fourth-order valence-electron chi connectivity index (χ4n) is 2.06. The Morgan fingerprint density at radius 2 is 2.44 bits per heavy atom. The zero-order valence-electron chi connectivity index (χ0n) is 9.97. The van der Waals surface area contributed by atoms with Crippen molar-refractivity contribution in [1.82, 2.24) is 25.9 Å². The summed E-state index contributed by atoms with van der Waals surface area (Å²) in [4.78, 5) is 0. The molecule has 5 nitrogen and oxygen atoms in total. The molecule has 2 aromatic rings. The molecule has 94 valence electrons. The topological polar surface area (TPSA) is 66.5 Å². The Morgan fingerprint density at radius 1 is 1.44 bits per heavy atom. The molecule has 1 fully saturated rings. The molecule has 2 heterocycles. The van der Waals surface area contributed by atoms with E-state index in [4.69, 9.17) is 0 Å². The van der Waals surface area contributed by atoms with E-state index in [0.717, 1.165) is 12.1 Å². The largest absolute Gasteiger partial charge is 0.309 e. The molecule has 18 heavy (non-hydrogen) atoms. The highest BCUT2D eigenvalue weighted by Gasteiger charge is 2.14. The predicted octanol–water partition coefficient (Wildman–Crippen LogP) is 1.46. The van der Waals surface area contributed by atoms with Crippen molar-refractivity contribution < 1.29 is 0 Å². The molecule has 2 N–H and O–H groups in total. The van der Waals surface area contributed by atoms with Crippen LogP contribution in [0.2, 0.25) is 0 Å². The summed E-state index contributed by atoms with van der Waals surface area (Å²) >= 11 is 2.02. The van der Waals surface area contributed by atoms with E-state index < -0.39 is 0 Å². The molecule has 1 saturated heterocycles. The molecule has 3 rings (SSSR count). The Labute approximate surface area is 110 Å². The van der Waals surface area contributed by atoms with E-state index in [1.807, 2.05) is 23.9 Å². The van der Waals surface area contributed by atoms with Crippen LogP contribution in [0.25, 0.3) is 11.4 Å². The van der Waals surface area contributed by atoms with Gasteiger partial charge in [-0.25, -0.2) is 0 Å². The third-order valence-corrected chi connectivity index (χ3v) is 4.22. The summed E-state index contributed by atoms with van der Waals surface area (Å²) in [7, 11) is 0. The highest BCUT2D eigenvalue weighted by atomic mass is 32.2. The molecule has 0 bridgehead atoms. The first-order valence-corrected chi connectivity index (χ1v) is 7.21. The van der Waals surface area contributed by atoms with Crippen molar-refractivity contribution >= 4 is 11.8 Å². The molecule has 1 aromatic heterocycles. The molecule has 0 amide bonds. The number of benzene rings is 1. The molecular weight excluding hydrogens is 246 g/mol. The van der Waals surface area contributed by atoms with Crippen LogP contribution >= 0.6 is 11.8 Å². The first-order valence-electron chi connectivity index (χ1n) is 6.06. The molecule has 1 aromatic carbocycles. The van der Waals surface area contributed by atoms with Gasteiger partial charge in [0.25, 0.3) is 0 Å². The number of hydrogen-bond donors (Lipinski definition) is 2. The fraction of sp³-hybridized carbons (Fsp3) is 0.417. The van der Waals surface area contributed by atoms with Gasteiger partial charge in [-0.05, 0) is 29.0 Å². The lowest BCUT2D eigenvalue weighted by Crippen LogP contribution is -2.27. The summed E-state index contributed by atoms with van der Waals surface area (Å²) in [5.74, 6) is 3.15. The van der Waals surface area contributed by atoms with Crippen molar-refractivity contribution in [1.29, 1.82) is 0 Å². The number of nitrogens with zero attached hydrogens (tertiary/aromatic N) is 3. The second kappa shape index (κ2) is 5.49. The average molecular weight is 261 g/mol. The van der Waals surface area contributed by atoms with Crippen LogP contribution in [0.5, 0.6) is 0 Å². The number of thioether (sulfide) groups is 1. The molecule has 1 aliphatic rings. The van der Waals surface area contributed by atoms with E-state index in [1.54, 1.807) is 0 Å². The lowest BCUT2D eigenvalue weighted by molar-refractivity contribution is 0.558. The highest BCUT2D eigenvalue weighted by Crippen LogP contribution is 2.18. The van der Waals surface area contributed by atoms with Crippen LogP contribution in [0.4, 0.5) is 0 Å². The van der Waals surface area contributed by atoms with Crippen LogP contribution in [0.1, 0.15) is 12.0 Å². The van der Waals surface area contributed by atoms with Crippen molar-refractivity contribution in [3.8, 4) is 11.4 Å². The molecule has 0 unspecified atom stereocenters. The van der Waals surface area contributed by atoms with E-state index >= 15 is 0 Å². The van der Waals surface area contributed by atoms with Crippen molar-refractivity contribution in [3.05, 3.63) is 29.8 Å². The minimum Gasteiger partial charge on any atom is -0.309 e. The zero-order valence-corrected chi connectivity index (χ0v) is 10.8. The molecule has 1 atom stereocenters. The fourth-order valence-corrected chi connectivity index (χ4v) is 3.25. The monoisotopic (exact) mass is 261 g/mol. The molecular formula is C12H15N5S. The Hall–Kier alpha value is -1.40. The molecule has 0 spiro atoms. The van der Waals surface area contributed by atoms with Gasteiger partial charge in [-0.3, -0.25) is 0 Å². The maximum absolute atomic E-state index is 3.99. The van der Waals surface area contributed by atoms with Gasteiger partial charge >= 0.3 is 0 Å². The predicted molar refractivity (Wildman–Crippen MR) is 72.2 cm³/mol. The quantitative estimate of drug-likeness (QED) is 0.872. The third-order valence-electron chi connectivity index (χ3n) is 3.06. The van der Waals surface area contributed by atoms with Crippen molar-refractivity contribution in [2.24, 2.45) is 0 Å². The minimum absolute atomic E-state index is 0.647. The molecule has 0 aliphatic carbocycles. The first-order chi connectivity index (χ1) is 8.92. The third kappa shape index (κ3) is 2.70. The van der Waals surface area contributed by atoms with Gasteiger partial charge in [0.2, 0.25) is 5.82 Å². The van der Waals surface area contributed by atoms with Gasteiger partial charge < -0.3 is 5.32 Å². The van der Waals surface area contributed by atoms with Crippen LogP contribution in [-0.4, -0.2) is 38.2 Å². The summed E-state index contributed by atoms with van der Waals surface area (Å²) < 4.78 is 0. The Morgan fingerprint density at radius 3 is 3.22 bits per heavy atom. The Balaban J connectivity index is 1.67. The Bertz CT molecular complexity index is 493. The van der Waals surface area contributed by atoms with Gasteiger partial charge in [-0.15, -0.1) is 10.2 Å². The SMILES string of the molecule is c1cc(CN[C@H]2CCSC2)cc(-c2nn[nH]n2)c1. The molecule has 0 saturated carbocycles. The summed E-state index contributed by atoms with van der Waals surface area (Å²) in [6, 6.07) is 8.92. The van der Waals surface area contributed by atoms with Gasteiger partial charge in [-0.2, -0.15) is 17.0 Å². The smallest absolute Gasteiger partial charge is 0.204 e. The van der Waals surface area contributed by atoms with Gasteiger partial charge in [0, 0.05) is 23.9 Å². The summed E-state index contributed by atoms with van der Waals surface area (Å²) in [6.45, 7) is 0.900. The van der Waals surface area contributed by atoms with Crippen molar-refractivity contribution in [3.63, 3.8) is 0 Å². The van der Waals surface area contributed by atoms with Gasteiger partial charge in [-0.1, -0.05) is 18.2 Å². The van der Waals surface area contributed by atoms with E-state index in [2.05, 4.69) is 38.1 Å². The molecule has 1 aliphatic heterocycles. The van der Waals surface area contributed by atoms with E-state index in [1.165, 1.54) is 23.5 Å². The van der Waals surface area contributed by atoms with Crippen LogP contribution < -0.4 is 5.32 Å². The summed E-state index contributed by atoms with van der Waals surface area (Å²) in [6.07, 6.45) is 1.27. The maximum atomic E-state index is 3.99. The van der Waals surface area contributed by atoms with E-state index in [0.29, 0.717) is 11.9 Å². The average Bonchev–Trinajstić information content (AvgIpc) is 3.10. The minimum atomic E-state index is 0.647. The summed E-state index contributed by atoms with van der Waals surface area (Å²) in [5, 5.41) is 17.6. The van der Waals surface area contributed by atoms with Crippen LogP contribution in [0.3, 0.4) is 0 Å². The number of tetrazole rings is 1. The van der Waals surface area contributed by atoms with Crippen LogP contribution in [-0.2, 0) is 6.54 Å². The van der Waals surface area contributed by atoms with Crippen molar-refractivity contribution in [2.75, 3.05) is 11.5 Å². The van der Waals surface area contributed by atoms with Gasteiger partial charge in [0.1, 0.15) is 0 Å². The number of hydrogen-bond acceptors (Lipinski definition) is 5. The normalized spacial score (nSPS) is 19.2. The lowest BCUT2D eigenvalue weighted by atomic mass is 10.1. The Kier molecular flexibility index (Phi) is 3.56. The first kappa shape index (κ1) is 11.7. The maximum Gasteiger partial charge on any atom is 0.204 e. The standard InChI is InChI=1S/C12H15N5S/c1-2-9(7-13-11-4-5-18-8-11)6-10(3-1)12-14-16-17-15-12/h1-3,6,11,13H,4-5,7-8H2,(H,14,15,16,17)/t11-/m0/s1. The highest BCUT2D eigenvalue weighted by molar-refractivity contribution is 7.99. The second-order valence-electron chi connectivity index (χ2n) is 4.38. The van der Waals surface area contributed by atoms with Crippen LogP contribution in [0, 0.1) is 0 Å². The number of nitrogens with one attached hydrogen (secondary N) is 2. The van der Waals surface area contributed by atoms with Crippen LogP contribution in [0.15, 0.2) is 24.3 Å². The van der Waals surface area contributed by atoms with Gasteiger partial charge in [0.05, 0.1) is 0 Å². The van der Waals surface area contributed by atoms with Gasteiger partial charge in [0.15, 0.2) is 0 Å². The second-order valence-corrected chi connectivity index (χ2v) is 5.53. The number of aromatic amines is 1. The molecule has 6 heteroatoms. The number of aromatic nitrogens is 4. The molecule has 0 radical (unpaired) electrons. The van der Waals surface area contributed by atoms with Crippen molar-refractivity contribution in [2.45, 2.75) is 19.0 Å². The number of rotatable bonds is 4. The summed E-state index contributed by atoms with van der Waals surface area (Å²) in [5.41, 5.74) is 2.26. The number of H-pyrrole nitrogens is 1. The zero-order chi connectivity index (χ0) is 12.2. The van der Waals surface area contributed by atoms with E-state index in [-0.39, 0.29) is 0 Å². The van der Waals surface area contributed by atoms with E-state index in [9.17, 15) is 0 Å². The lowest BCUT2D eigenvalue weighted by Gasteiger charge is -2.11.